The molecule has 200 valence electrons. The molecule has 1 unspecified atom stereocenters. The standard InChI is InChI=1S/C27H29Cl2N5O4/c1-17(27(35,36)34-10-12-37-13-11-34)4-5-19(30-3)6-8-24-21-14-20(7-9-25(21)33-32-24)38-18(2)26-22(28)15-31-16-23(26)29/h4-9,14-16,18,35-36H,3,10-13H2,1-2H3,(H,32,33)/b8-6+,17-4+,19-5-. The number of nitrogens with zero attached hydrogens (tertiary/aromatic N) is 4. The molecule has 3 aromatic rings. The Bertz CT molecular complexity index is 1370. The maximum absolute atomic E-state index is 10.6. The summed E-state index contributed by atoms with van der Waals surface area (Å²) in [5.74, 6) is -1.46. The van der Waals surface area contributed by atoms with Crippen molar-refractivity contribution in [2.75, 3.05) is 26.3 Å². The molecule has 1 aliphatic rings. The summed E-state index contributed by atoms with van der Waals surface area (Å²) in [5.41, 5.74) is 3.02. The number of morpholine rings is 1. The van der Waals surface area contributed by atoms with Crippen molar-refractivity contribution in [2.24, 2.45) is 4.99 Å². The van der Waals surface area contributed by atoms with Gasteiger partial charge in [0.05, 0.1) is 40.2 Å². The van der Waals surface area contributed by atoms with Gasteiger partial charge in [-0.25, -0.2) is 4.90 Å². The second-order valence-electron chi connectivity index (χ2n) is 8.76. The Hall–Kier alpha value is -3.05. The van der Waals surface area contributed by atoms with Crippen molar-refractivity contribution >= 4 is 46.9 Å². The molecule has 0 aliphatic carbocycles. The Balaban J connectivity index is 1.52. The predicted octanol–water partition coefficient (Wildman–Crippen LogP) is 4.92. The first-order valence-electron chi connectivity index (χ1n) is 12.0. The average molecular weight is 558 g/mol. The fourth-order valence-electron chi connectivity index (χ4n) is 4.06. The van der Waals surface area contributed by atoms with E-state index in [9.17, 15) is 10.2 Å². The molecule has 1 aromatic carbocycles. The molecule has 2 aromatic heterocycles. The summed E-state index contributed by atoms with van der Waals surface area (Å²) < 4.78 is 11.4. The highest BCUT2D eigenvalue weighted by atomic mass is 35.5. The van der Waals surface area contributed by atoms with E-state index in [4.69, 9.17) is 32.7 Å². The summed E-state index contributed by atoms with van der Waals surface area (Å²) in [6.07, 6.45) is 9.46. The minimum Gasteiger partial charge on any atom is -0.486 e. The van der Waals surface area contributed by atoms with Crippen LogP contribution < -0.4 is 4.74 Å². The number of aromatic amines is 1. The van der Waals surface area contributed by atoms with E-state index < -0.39 is 12.0 Å². The molecule has 0 bridgehead atoms. The summed E-state index contributed by atoms with van der Waals surface area (Å²) in [7, 11) is 0. The quantitative estimate of drug-likeness (QED) is 0.194. The van der Waals surface area contributed by atoms with Crippen molar-refractivity contribution in [1.82, 2.24) is 20.1 Å². The first-order valence-corrected chi connectivity index (χ1v) is 12.7. The number of pyridine rings is 1. The zero-order valence-corrected chi connectivity index (χ0v) is 22.6. The largest absolute Gasteiger partial charge is 0.486 e. The molecule has 0 radical (unpaired) electrons. The topological polar surface area (TPSA) is 116 Å². The van der Waals surface area contributed by atoms with Gasteiger partial charge >= 0.3 is 0 Å². The van der Waals surface area contributed by atoms with Crippen molar-refractivity contribution < 1.29 is 19.7 Å². The van der Waals surface area contributed by atoms with Crippen molar-refractivity contribution in [3.8, 4) is 5.75 Å². The lowest BCUT2D eigenvalue weighted by Gasteiger charge is -2.37. The summed E-state index contributed by atoms with van der Waals surface area (Å²) >= 11 is 12.6. The third kappa shape index (κ3) is 6.32. The third-order valence-electron chi connectivity index (χ3n) is 6.25. The highest BCUT2D eigenvalue weighted by Gasteiger charge is 2.34. The number of nitrogens with one attached hydrogen (secondary N) is 1. The zero-order chi connectivity index (χ0) is 27.3. The maximum Gasteiger partial charge on any atom is 0.249 e. The van der Waals surface area contributed by atoms with Crippen LogP contribution in [0.1, 0.15) is 31.2 Å². The van der Waals surface area contributed by atoms with Crippen LogP contribution in [-0.2, 0) is 4.74 Å². The predicted molar refractivity (Wildman–Crippen MR) is 149 cm³/mol. The van der Waals surface area contributed by atoms with Gasteiger partial charge in [0, 0.05) is 42.0 Å². The highest BCUT2D eigenvalue weighted by Crippen LogP contribution is 2.33. The molecule has 38 heavy (non-hydrogen) atoms. The number of aliphatic imine (C=N–C) groups is 1. The summed E-state index contributed by atoms with van der Waals surface area (Å²) in [5, 5.41) is 30.3. The van der Waals surface area contributed by atoms with E-state index in [-0.39, 0.29) is 0 Å². The number of ether oxygens (including phenoxy) is 2. The third-order valence-corrected chi connectivity index (χ3v) is 6.86. The number of halogens is 2. The molecule has 0 amide bonds. The first-order chi connectivity index (χ1) is 18.2. The van der Waals surface area contributed by atoms with Crippen LogP contribution in [0.25, 0.3) is 17.0 Å². The number of rotatable bonds is 9. The second kappa shape index (κ2) is 12.2. The molecule has 9 nitrogen and oxygen atoms in total. The summed E-state index contributed by atoms with van der Waals surface area (Å²) in [6.45, 7) is 8.87. The molecular formula is C27H29Cl2N5O4. The van der Waals surface area contributed by atoms with Crippen LogP contribution in [-0.4, -0.2) is 69.2 Å². The Morgan fingerprint density at radius 1 is 1.24 bits per heavy atom. The zero-order valence-electron chi connectivity index (χ0n) is 21.1. The van der Waals surface area contributed by atoms with Gasteiger partial charge in [-0.2, -0.15) is 5.10 Å². The van der Waals surface area contributed by atoms with Gasteiger partial charge in [-0.05, 0) is 57.0 Å². The maximum atomic E-state index is 10.6. The fraction of sp³-hybridized carbons (Fsp3) is 0.296. The van der Waals surface area contributed by atoms with Crippen LogP contribution in [0.2, 0.25) is 10.0 Å². The minimum atomic E-state index is -2.08. The van der Waals surface area contributed by atoms with E-state index in [1.165, 1.54) is 12.4 Å². The van der Waals surface area contributed by atoms with Gasteiger partial charge in [0.1, 0.15) is 11.9 Å². The lowest BCUT2D eigenvalue weighted by atomic mass is 10.1. The molecule has 3 heterocycles. The monoisotopic (exact) mass is 557 g/mol. The SMILES string of the molecule is C=NC(=C\C=C(/C)C(O)(O)N1CCOCC1)/C=C/c1n[nH]c2ccc(OC(C)c3c(Cl)cncc3Cl)cc12. The van der Waals surface area contributed by atoms with Crippen LogP contribution in [0.3, 0.4) is 0 Å². The van der Waals surface area contributed by atoms with Crippen molar-refractivity contribution in [2.45, 2.75) is 25.9 Å². The Morgan fingerprint density at radius 3 is 2.63 bits per heavy atom. The van der Waals surface area contributed by atoms with E-state index in [0.29, 0.717) is 64.6 Å². The number of benzene rings is 1. The van der Waals surface area contributed by atoms with Gasteiger partial charge < -0.3 is 19.7 Å². The number of allylic oxidation sites excluding steroid dienone is 3. The van der Waals surface area contributed by atoms with Crippen LogP contribution in [0, 0.1) is 0 Å². The molecule has 4 rings (SSSR count). The Morgan fingerprint density at radius 2 is 1.95 bits per heavy atom. The average Bonchev–Trinajstić information content (AvgIpc) is 3.31. The van der Waals surface area contributed by atoms with Gasteiger partial charge in [-0.15, -0.1) is 0 Å². The summed E-state index contributed by atoms with van der Waals surface area (Å²) in [4.78, 5) is 9.57. The van der Waals surface area contributed by atoms with Crippen LogP contribution in [0.15, 0.2) is 65.1 Å². The van der Waals surface area contributed by atoms with Crippen molar-refractivity contribution in [3.63, 3.8) is 0 Å². The molecule has 1 fully saturated rings. The first kappa shape index (κ1) is 28.0. The molecule has 1 atom stereocenters. The molecule has 1 saturated heterocycles. The van der Waals surface area contributed by atoms with Crippen LogP contribution in [0.4, 0.5) is 0 Å². The number of aromatic nitrogens is 3. The minimum absolute atomic E-state index is 0.351. The normalized spacial score (nSPS) is 16.8. The molecule has 1 aliphatic heterocycles. The van der Waals surface area contributed by atoms with E-state index in [1.54, 1.807) is 36.1 Å². The Labute approximate surface area is 230 Å². The fourth-order valence-corrected chi connectivity index (χ4v) is 4.73. The van der Waals surface area contributed by atoms with Gasteiger partial charge in [0.2, 0.25) is 5.91 Å². The lowest BCUT2D eigenvalue weighted by molar-refractivity contribution is -0.248. The van der Waals surface area contributed by atoms with Crippen LogP contribution >= 0.6 is 23.2 Å². The van der Waals surface area contributed by atoms with Crippen molar-refractivity contribution in [1.29, 1.82) is 0 Å². The van der Waals surface area contributed by atoms with E-state index in [2.05, 4.69) is 26.9 Å². The van der Waals surface area contributed by atoms with E-state index in [1.807, 2.05) is 25.1 Å². The Kier molecular flexibility index (Phi) is 8.99. The molecule has 0 saturated carbocycles. The number of fused-ring (bicyclic) bond motifs is 1. The molecule has 0 spiro atoms. The van der Waals surface area contributed by atoms with E-state index in [0.717, 1.165) is 10.9 Å². The van der Waals surface area contributed by atoms with Crippen molar-refractivity contribution in [3.05, 3.63) is 81.4 Å². The number of aliphatic hydroxyl groups is 2. The highest BCUT2D eigenvalue weighted by molar-refractivity contribution is 6.35. The molecule has 3 N–H and O–H groups in total. The second-order valence-corrected chi connectivity index (χ2v) is 9.58. The summed E-state index contributed by atoms with van der Waals surface area (Å²) in [6, 6.07) is 5.59. The van der Waals surface area contributed by atoms with Crippen LogP contribution in [0.5, 0.6) is 5.75 Å². The lowest BCUT2D eigenvalue weighted by Crippen LogP contribution is -2.54. The van der Waals surface area contributed by atoms with Gasteiger partial charge in [0.25, 0.3) is 0 Å². The molecular weight excluding hydrogens is 529 g/mol. The van der Waals surface area contributed by atoms with Gasteiger partial charge in [-0.3, -0.25) is 15.1 Å². The number of H-pyrrole nitrogens is 1. The number of hydrogen-bond donors (Lipinski definition) is 3. The number of hydrogen-bond acceptors (Lipinski definition) is 8. The van der Waals surface area contributed by atoms with Gasteiger partial charge in [-0.1, -0.05) is 29.3 Å². The van der Waals surface area contributed by atoms with Gasteiger partial charge in [0.15, 0.2) is 0 Å². The smallest absolute Gasteiger partial charge is 0.249 e. The van der Waals surface area contributed by atoms with E-state index >= 15 is 0 Å². The molecule has 11 heteroatoms.